The SMILES string of the molecule is CC(CNC(=O)CNC(=O)c1ccc(-c2ccccc2)cc1)CN1CCCCC1. The zero-order valence-electron chi connectivity index (χ0n) is 17.2. The van der Waals surface area contributed by atoms with Crippen molar-refractivity contribution in [2.24, 2.45) is 5.92 Å². The van der Waals surface area contributed by atoms with Crippen LogP contribution in [0.3, 0.4) is 0 Å². The maximum atomic E-state index is 12.3. The van der Waals surface area contributed by atoms with Crippen LogP contribution in [0.1, 0.15) is 36.5 Å². The van der Waals surface area contributed by atoms with Gasteiger partial charge in [-0.3, -0.25) is 9.59 Å². The number of likely N-dealkylation sites (tertiary alicyclic amines) is 1. The highest BCUT2D eigenvalue weighted by Crippen LogP contribution is 2.19. The molecule has 2 amide bonds. The minimum Gasteiger partial charge on any atom is -0.354 e. The highest BCUT2D eigenvalue weighted by atomic mass is 16.2. The molecule has 0 bridgehead atoms. The maximum Gasteiger partial charge on any atom is 0.251 e. The van der Waals surface area contributed by atoms with Crippen LogP contribution in [0, 0.1) is 5.92 Å². The first-order valence-electron chi connectivity index (χ1n) is 10.5. The monoisotopic (exact) mass is 393 g/mol. The molecule has 1 fully saturated rings. The van der Waals surface area contributed by atoms with E-state index in [2.05, 4.69) is 22.5 Å². The molecule has 0 spiro atoms. The highest BCUT2D eigenvalue weighted by molar-refractivity contribution is 5.96. The molecule has 0 radical (unpaired) electrons. The molecule has 0 aliphatic carbocycles. The van der Waals surface area contributed by atoms with E-state index >= 15 is 0 Å². The molecule has 29 heavy (non-hydrogen) atoms. The average molecular weight is 394 g/mol. The van der Waals surface area contributed by atoms with E-state index in [1.165, 1.54) is 19.3 Å². The van der Waals surface area contributed by atoms with E-state index in [1.807, 2.05) is 42.5 Å². The van der Waals surface area contributed by atoms with Crippen LogP contribution < -0.4 is 10.6 Å². The van der Waals surface area contributed by atoms with Crippen LogP contribution in [0.4, 0.5) is 0 Å². The van der Waals surface area contributed by atoms with Crippen molar-refractivity contribution in [1.29, 1.82) is 0 Å². The van der Waals surface area contributed by atoms with Gasteiger partial charge in [-0.05, 0) is 55.1 Å². The Hall–Kier alpha value is -2.66. The van der Waals surface area contributed by atoms with Gasteiger partial charge in [0.15, 0.2) is 0 Å². The Balaban J connectivity index is 1.38. The van der Waals surface area contributed by atoms with Crippen molar-refractivity contribution < 1.29 is 9.59 Å². The van der Waals surface area contributed by atoms with Crippen LogP contribution in [-0.4, -0.2) is 49.4 Å². The standard InChI is InChI=1S/C24H31N3O2/c1-19(18-27-14-6-3-7-15-27)16-25-23(28)17-26-24(29)22-12-10-21(11-13-22)20-8-4-2-5-9-20/h2,4-5,8-13,19H,3,6-7,14-18H2,1H3,(H,25,28)(H,26,29). The van der Waals surface area contributed by atoms with Crippen molar-refractivity contribution in [2.75, 3.05) is 32.7 Å². The predicted molar refractivity (Wildman–Crippen MR) is 117 cm³/mol. The van der Waals surface area contributed by atoms with Gasteiger partial charge in [0.25, 0.3) is 5.91 Å². The van der Waals surface area contributed by atoms with E-state index in [0.29, 0.717) is 18.0 Å². The molecule has 1 aliphatic rings. The number of piperidine rings is 1. The number of hydrogen-bond donors (Lipinski definition) is 2. The fourth-order valence-electron chi connectivity index (χ4n) is 3.71. The Kier molecular flexibility index (Phi) is 7.82. The molecule has 5 nitrogen and oxygen atoms in total. The van der Waals surface area contributed by atoms with Crippen LogP contribution in [-0.2, 0) is 4.79 Å². The van der Waals surface area contributed by atoms with E-state index in [0.717, 1.165) is 30.8 Å². The lowest BCUT2D eigenvalue weighted by atomic mass is 10.0. The molecule has 0 aromatic heterocycles. The minimum absolute atomic E-state index is 0.00426. The second-order valence-corrected chi connectivity index (χ2v) is 7.90. The molecule has 1 unspecified atom stereocenters. The van der Waals surface area contributed by atoms with E-state index in [4.69, 9.17) is 0 Å². The van der Waals surface area contributed by atoms with Crippen molar-refractivity contribution in [3.8, 4) is 11.1 Å². The third-order valence-electron chi connectivity index (χ3n) is 5.33. The topological polar surface area (TPSA) is 61.4 Å². The Morgan fingerprint density at radius 2 is 1.55 bits per heavy atom. The molecule has 1 heterocycles. The lowest BCUT2D eigenvalue weighted by molar-refractivity contribution is -0.120. The van der Waals surface area contributed by atoms with E-state index in [-0.39, 0.29) is 18.4 Å². The largest absolute Gasteiger partial charge is 0.354 e. The summed E-state index contributed by atoms with van der Waals surface area (Å²) < 4.78 is 0. The van der Waals surface area contributed by atoms with Crippen molar-refractivity contribution in [1.82, 2.24) is 15.5 Å². The molecule has 1 saturated heterocycles. The molecule has 1 atom stereocenters. The van der Waals surface area contributed by atoms with Gasteiger partial charge in [0.05, 0.1) is 6.54 Å². The molecule has 3 rings (SSSR count). The fraction of sp³-hybridized carbons (Fsp3) is 0.417. The summed E-state index contributed by atoms with van der Waals surface area (Å²) in [5, 5.41) is 5.63. The van der Waals surface area contributed by atoms with Gasteiger partial charge in [-0.2, -0.15) is 0 Å². The van der Waals surface area contributed by atoms with Gasteiger partial charge in [0.1, 0.15) is 0 Å². The Labute approximate surface area is 173 Å². The smallest absolute Gasteiger partial charge is 0.251 e. The second kappa shape index (κ2) is 10.8. The molecule has 2 N–H and O–H groups in total. The summed E-state index contributed by atoms with van der Waals surface area (Å²) >= 11 is 0. The van der Waals surface area contributed by atoms with Gasteiger partial charge in [-0.25, -0.2) is 0 Å². The fourth-order valence-corrected chi connectivity index (χ4v) is 3.71. The van der Waals surface area contributed by atoms with E-state index in [9.17, 15) is 9.59 Å². The Morgan fingerprint density at radius 1 is 0.897 bits per heavy atom. The number of amides is 2. The molecule has 154 valence electrons. The lowest BCUT2D eigenvalue weighted by Crippen LogP contribution is -2.41. The van der Waals surface area contributed by atoms with Crippen molar-refractivity contribution in [3.63, 3.8) is 0 Å². The van der Waals surface area contributed by atoms with Gasteiger partial charge in [-0.15, -0.1) is 0 Å². The second-order valence-electron chi connectivity index (χ2n) is 7.90. The number of hydrogen-bond acceptors (Lipinski definition) is 3. The Morgan fingerprint density at radius 3 is 2.24 bits per heavy atom. The average Bonchev–Trinajstić information content (AvgIpc) is 2.77. The van der Waals surface area contributed by atoms with Crippen LogP contribution in [0.25, 0.3) is 11.1 Å². The number of rotatable bonds is 8. The summed E-state index contributed by atoms with van der Waals surface area (Å²) in [7, 11) is 0. The summed E-state index contributed by atoms with van der Waals surface area (Å²) in [4.78, 5) is 26.8. The zero-order chi connectivity index (χ0) is 20.5. The molecule has 2 aromatic carbocycles. The van der Waals surface area contributed by atoms with E-state index < -0.39 is 0 Å². The summed E-state index contributed by atoms with van der Waals surface area (Å²) in [6.07, 6.45) is 3.88. The van der Waals surface area contributed by atoms with Gasteiger partial charge in [0.2, 0.25) is 5.91 Å². The number of carbonyl (C=O) groups is 2. The van der Waals surface area contributed by atoms with Crippen LogP contribution >= 0.6 is 0 Å². The number of nitrogens with zero attached hydrogens (tertiary/aromatic N) is 1. The molecular formula is C24H31N3O2. The third kappa shape index (κ3) is 6.71. The number of nitrogens with one attached hydrogen (secondary N) is 2. The van der Waals surface area contributed by atoms with Crippen molar-refractivity contribution >= 4 is 11.8 Å². The van der Waals surface area contributed by atoms with Crippen molar-refractivity contribution in [2.45, 2.75) is 26.2 Å². The van der Waals surface area contributed by atoms with Crippen LogP contribution in [0.2, 0.25) is 0 Å². The van der Waals surface area contributed by atoms with E-state index in [1.54, 1.807) is 12.1 Å². The number of carbonyl (C=O) groups excluding carboxylic acids is 2. The zero-order valence-corrected chi connectivity index (χ0v) is 17.2. The highest BCUT2D eigenvalue weighted by Gasteiger charge is 2.14. The van der Waals surface area contributed by atoms with Gasteiger partial charge in [-0.1, -0.05) is 55.8 Å². The van der Waals surface area contributed by atoms with Gasteiger partial charge >= 0.3 is 0 Å². The lowest BCUT2D eigenvalue weighted by Gasteiger charge is -2.29. The van der Waals surface area contributed by atoms with Crippen molar-refractivity contribution in [3.05, 3.63) is 60.2 Å². The first-order chi connectivity index (χ1) is 14.1. The molecular weight excluding hydrogens is 362 g/mol. The first kappa shape index (κ1) is 21.1. The molecule has 2 aromatic rings. The van der Waals surface area contributed by atoms with Gasteiger partial charge < -0.3 is 15.5 Å². The first-order valence-corrected chi connectivity index (χ1v) is 10.5. The molecule has 5 heteroatoms. The molecule has 1 aliphatic heterocycles. The summed E-state index contributed by atoms with van der Waals surface area (Å²) in [5.74, 6) is 0.0177. The summed E-state index contributed by atoms with van der Waals surface area (Å²) in [6, 6.07) is 17.4. The van der Waals surface area contributed by atoms with Gasteiger partial charge in [0, 0.05) is 18.7 Å². The summed E-state index contributed by atoms with van der Waals surface area (Å²) in [5.41, 5.74) is 2.72. The normalized spacial score (nSPS) is 15.5. The van der Waals surface area contributed by atoms with Crippen LogP contribution in [0.15, 0.2) is 54.6 Å². The molecule has 0 saturated carbocycles. The van der Waals surface area contributed by atoms with Crippen LogP contribution in [0.5, 0.6) is 0 Å². The number of benzene rings is 2. The third-order valence-corrected chi connectivity index (χ3v) is 5.33. The Bertz CT molecular complexity index is 784. The predicted octanol–water partition coefficient (Wildman–Crippen LogP) is 3.32. The summed E-state index contributed by atoms with van der Waals surface area (Å²) in [6.45, 7) is 6.13. The maximum absolute atomic E-state index is 12.3. The minimum atomic E-state index is -0.235. The quantitative estimate of drug-likeness (QED) is 0.723.